The number of rotatable bonds is 5. The smallest absolute Gasteiger partial charge is 0.0835 e. The normalized spacial score (nSPS) is 10.8. The van der Waals surface area contributed by atoms with Crippen molar-refractivity contribution in [1.29, 1.82) is 0 Å². The molecule has 2 aromatic rings. The van der Waals surface area contributed by atoms with Gasteiger partial charge in [0.05, 0.1) is 17.6 Å². The fourth-order valence-corrected chi connectivity index (χ4v) is 2.01. The Bertz CT molecular complexity index is 516. The van der Waals surface area contributed by atoms with Crippen LogP contribution >= 0.6 is 0 Å². The summed E-state index contributed by atoms with van der Waals surface area (Å²) in [6.07, 6.45) is 5.69. The average Bonchev–Trinajstić information content (AvgIpc) is 2.83. The van der Waals surface area contributed by atoms with E-state index in [0.29, 0.717) is 0 Å². The lowest BCUT2D eigenvalue weighted by Crippen LogP contribution is -2.08. The van der Waals surface area contributed by atoms with E-state index in [9.17, 15) is 0 Å². The molecule has 2 aromatic heterocycles. The number of hydrogen-bond acceptors (Lipinski definition) is 3. The Kier molecular flexibility index (Phi) is 4.10. The van der Waals surface area contributed by atoms with Crippen molar-refractivity contribution in [3.63, 3.8) is 0 Å². The third-order valence-electron chi connectivity index (χ3n) is 2.96. The van der Waals surface area contributed by atoms with E-state index in [0.717, 1.165) is 30.8 Å². The maximum absolute atomic E-state index is 4.63. The van der Waals surface area contributed by atoms with Crippen LogP contribution in [-0.2, 0) is 19.4 Å². The second-order valence-electron chi connectivity index (χ2n) is 4.33. The van der Waals surface area contributed by atoms with Gasteiger partial charge >= 0.3 is 0 Å². The average molecular weight is 244 g/mol. The molecule has 96 valence electrons. The van der Waals surface area contributed by atoms with Crippen LogP contribution in [0.3, 0.4) is 0 Å². The molecule has 2 heterocycles. The van der Waals surface area contributed by atoms with Gasteiger partial charge in [-0.1, -0.05) is 13.8 Å². The van der Waals surface area contributed by atoms with Crippen LogP contribution in [0.5, 0.6) is 0 Å². The van der Waals surface area contributed by atoms with Gasteiger partial charge in [0.1, 0.15) is 0 Å². The quantitative estimate of drug-likeness (QED) is 0.876. The lowest BCUT2D eigenvalue weighted by Gasteiger charge is -2.07. The molecule has 18 heavy (non-hydrogen) atoms. The molecule has 0 aliphatic rings. The molecule has 2 rings (SSSR count). The molecule has 0 aliphatic heterocycles. The Morgan fingerprint density at radius 3 is 2.67 bits per heavy atom. The molecule has 0 bridgehead atoms. The van der Waals surface area contributed by atoms with Gasteiger partial charge in [0, 0.05) is 18.4 Å². The van der Waals surface area contributed by atoms with Crippen molar-refractivity contribution in [3.8, 4) is 5.69 Å². The van der Waals surface area contributed by atoms with Crippen LogP contribution in [0, 0.1) is 0 Å². The molecule has 0 atom stereocenters. The molecule has 0 unspecified atom stereocenters. The first-order chi connectivity index (χ1) is 8.78. The van der Waals surface area contributed by atoms with Gasteiger partial charge in [0.2, 0.25) is 0 Å². The molecule has 0 fully saturated rings. The first-order valence-corrected chi connectivity index (χ1v) is 6.45. The van der Waals surface area contributed by atoms with E-state index in [1.807, 2.05) is 24.1 Å². The summed E-state index contributed by atoms with van der Waals surface area (Å²) in [7, 11) is 1.94. The van der Waals surface area contributed by atoms with Crippen molar-refractivity contribution in [2.75, 3.05) is 7.05 Å². The molecule has 0 aromatic carbocycles. The lowest BCUT2D eigenvalue weighted by atomic mass is 10.2. The third-order valence-corrected chi connectivity index (χ3v) is 2.96. The maximum atomic E-state index is 4.63. The summed E-state index contributed by atoms with van der Waals surface area (Å²) < 4.78 is 2.00. The molecule has 0 amide bonds. The predicted octanol–water partition coefficient (Wildman–Crippen LogP) is 2.11. The van der Waals surface area contributed by atoms with Crippen LogP contribution in [0.1, 0.15) is 30.8 Å². The van der Waals surface area contributed by atoms with E-state index in [-0.39, 0.29) is 0 Å². The first kappa shape index (κ1) is 12.8. The maximum Gasteiger partial charge on any atom is 0.0835 e. The SMILES string of the molecule is CCc1cc(CC)n(-c2cncc(CNC)c2)n1. The van der Waals surface area contributed by atoms with Gasteiger partial charge in [-0.2, -0.15) is 5.10 Å². The fraction of sp³-hybridized carbons (Fsp3) is 0.429. The first-order valence-electron chi connectivity index (χ1n) is 6.45. The number of aryl methyl sites for hydroxylation is 2. The number of pyridine rings is 1. The van der Waals surface area contributed by atoms with Crippen LogP contribution in [0.25, 0.3) is 5.69 Å². The topological polar surface area (TPSA) is 42.7 Å². The largest absolute Gasteiger partial charge is 0.316 e. The van der Waals surface area contributed by atoms with Crippen LogP contribution in [0.15, 0.2) is 24.5 Å². The minimum absolute atomic E-state index is 0.824. The minimum atomic E-state index is 0.824. The van der Waals surface area contributed by atoms with Gasteiger partial charge in [-0.25, -0.2) is 4.68 Å². The molecule has 0 saturated carbocycles. The summed E-state index contributed by atoms with van der Waals surface area (Å²) in [4.78, 5) is 4.29. The Morgan fingerprint density at radius 2 is 2.00 bits per heavy atom. The zero-order chi connectivity index (χ0) is 13.0. The standard InChI is InChI=1S/C14H20N4/c1-4-12-7-13(5-2)18(17-12)14-6-11(8-15-3)9-16-10-14/h6-7,9-10,15H,4-5,8H2,1-3H3. The zero-order valence-corrected chi connectivity index (χ0v) is 11.3. The highest BCUT2D eigenvalue weighted by Gasteiger charge is 2.08. The summed E-state index contributed by atoms with van der Waals surface area (Å²) in [5.41, 5.74) is 4.58. The molecule has 0 saturated heterocycles. The van der Waals surface area contributed by atoms with Crippen molar-refractivity contribution in [3.05, 3.63) is 41.5 Å². The van der Waals surface area contributed by atoms with Crippen LogP contribution in [0.2, 0.25) is 0 Å². The molecule has 0 aliphatic carbocycles. The number of nitrogens with zero attached hydrogens (tertiary/aromatic N) is 3. The van der Waals surface area contributed by atoms with Gasteiger partial charge < -0.3 is 5.32 Å². The molecule has 0 radical (unpaired) electrons. The Balaban J connectivity index is 2.40. The van der Waals surface area contributed by atoms with E-state index in [2.05, 4.69) is 41.4 Å². The van der Waals surface area contributed by atoms with Crippen LogP contribution < -0.4 is 5.32 Å². The molecular weight excluding hydrogens is 224 g/mol. The second kappa shape index (κ2) is 5.78. The van der Waals surface area contributed by atoms with E-state index < -0.39 is 0 Å². The zero-order valence-electron chi connectivity index (χ0n) is 11.3. The van der Waals surface area contributed by atoms with E-state index in [4.69, 9.17) is 0 Å². The number of nitrogens with one attached hydrogen (secondary N) is 1. The molecular formula is C14H20N4. The van der Waals surface area contributed by atoms with Gasteiger partial charge in [-0.3, -0.25) is 4.98 Å². The van der Waals surface area contributed by atoms with E-state index in [1.54, 1.807) is 0 Å². The lowest BCUT2D eigenvalue weighted by molar-refractivity contribution is 0.777. The van der Waals surface area contributed by atoms with Gasteiger partial charge in [0.25, 0.3) is 0 Å². The van der Waals surface area contributed by atoms with Crippen LogP contribution in [-0.4, -0.2) is 21.8 Å². The summed E-state index contributed by atoms with van der Waals surface area (Å²) in [6.45, 7) is 5.10. The van der Waals surface area contributed by atoms with Crippen molar-refractivity contribution in [2.24, 2.45) is 0 Å². The monoisotopic (exact) mass is 244 g/mol. The number of hydrogen-bond donors (Lipinski definition) is 1. The third kappa shape index (κ3) is 2.59. The summed E-state index contributed by atoms with van der Waals surface area (Å²) >= 11 is 0. The van der Waals surface area contributed by atoms with Crippen LogP contribution in [0.4, 0.5) is 0 Å². The van der Waals surface area contributed by atoms with Gasteiger partial charge in [-0.15, -0.1) is 0 Å². The predicted molar refractivity (Wildman–Crippen MR) is 72.9 cm³/mol. The van der Waals surface area contributed by atoms with Crippen molar-refractivity contribution >= 4 is 0 Å². The Labute approximate surface area is 108 Å². The van der Waals surface area contributed by atoms with E-state index in [1.165, 1.54) is 11.3 Å². The van der Waals surface area contributed by atoms with Gasteiger partial charge in [0.15, 0.2) is 0 Å². The van der Waals surface area contributed by atoms with Crippen molar-refractivity contribution < 1.29 is 0 Å². The highest BCUT2D eigenvalue weighted by molar-refractivity contribution is 5.34. The molecule has 0 spiro atoms. The highest BCUT2D eigenvalue weighted by Crippen LogP contribution is 2.14. The van der Waals surface area contributed by atoms with Crippen molar-refractivity contribution in [2.45, 2.75) is 33.2 Å². The minimum Gasteiger partial charge on any atom is -0.316 e. The van der Waals surface area contributed by atoms with E-state index >= 15 is 0 Å². The fourth-order valence-electron chi connectivity index (χ4n) is 2.01. The Morgan fingerprint density at radius 1 is 1.17 bits per heavy atom. The molecule has 4 nitrogen and oxygen atoms in total. The number of aromatic nitrogens is 3. The van der Waals surface area contributed by atoms with Crippen molar-refractivity contribution in [1.82, 2.24) is 20.1 Å². The summed E-state index contributed by atoms with van der Waals surface area (Å²) in [5, 5.41) is 7.77. The highest BCUT2D eigenvalue weighted by atomic mass is 15.3. The summed E-state index contributed by atoms with van der Waals surface area (Å²) in [5.74, 6) is 0. The molecule has 1 N–H and O–H groups in total. The Hall–Kier alpha value is -1.68. The summed E-state index contributed by atoms with van der Waals surface area (Å²) in [6, 6.07) is 4.31. The van der Waals surface area contributed by atoms with Gasteiger partial charge in [-0.05, 0) is 37.6 Å². The molecule has 4 heteroatoms. The second-order valence-corrected chi connectivity index (χ2v) is 4.33.